The molecule has 2 aromatic rings. The van der Waals surface area contributed by atoms with Crippen molar-refractivity contribution in [2.75, 3.05) is 24.3 Å². The Balaban J connectivity index is 2.05. The van der Waals surface area contributed by atoms with Crippen LogP contribution in [0.3, 0.4) is 0 Å². The molecule has 0 spiro atoms. The Labute approximate surface area is 133 Å². The zero-order valence-corrected chi connectivity index (χ0v) is 14.2. The minimum absolute atomic E-state index is 0.191. The van der Waals surface area contributed by atoms with Crippen molar-refractivity contribution in [3.05, 3.63) is 54.1 Å². The van der Waals surface area contributed by atoms with Crippen molar-refractivity contribution in [3.8, 4) is 5.75 Å². The first kappa shape index (κ1) is 16.2. The number of benzene rings is 2. The molecule has 0 saturated carbocycles. The fourth-order valence-electron chi connectivity index (χ4n) is 2.15. The van der Waals surface area contributed by atoms with Gasteiger partial charge in [0.15, 0.2) is 0 Å². The predicted molar refractivity (Wildman–Crippen MR) is 94.9 cm³/mol. The van der Waals surface area contributed by atoms with Gasteiger partial charge in [-0.05, 0) is 51.1 Å². The third kappa shape index (κ3) is 4.69. The van der Waals surface area contributed by atoms with Gasteiger partial charge in [-0.25, -0.2) is 0 Å². The molecule has 0 unspecified atom stereocenters. The van der Waals surface area contributed by atoms with E-state index in [-0.39, 0.29) is 5.60 Å². The van der Waals surface area contributed by atoms with Gasteiger partial charge in [0.1, 0.15) is 11.4 Å². The SMILES string of the molecule is CN(C)c1ccc(NCc2ccccc2OC(C)(C)C)cc1. The Morgan fingerprint density at radius 3 is 2.18 bits per heavy atom. The van der Waals surface area contributed by atoms with Crippen LogP contribution in [0.2, 0.25) is 0 Å². The quantitative estimate of drug-likeness (QED) is 0.877. The van der Waals surface area contributed by atoms with Crippen LogP contribution < -0.4 is 15.0 Å². The summed E-state index contributed by atoms with van der Waals surface area (Å²) in [6, 6.07) is 16.6. The second-order valence-electron chi connectivity index (χ2n) is 6.62. The smallest absolute Gasteiger partial charge is 0.125 e. The van der Waals surface area contributed by atoms with E-state index in [1.807, 2.05) is 32.3 Å². The molecule has 3 nitrogen and oxygen atoms in total. The molecule has 2 aromatic carbocycles. The predicted octanol–water partition coefficient (Wildman–Crippen LogP) is 4.54. The molecule has 22 heavy (non-hydrogen) atoms. The van der Waals surface area contributed by atoms with Gasteiger partial charge < -0.3 is 15.0 Å². The molecule has 0 fully saturated rings. The maximum absolute atomic E-state index is 6.03. The molecular formula is C19H26N2O. The zero-order chi connectivity index (χ0) is 16.2. The lowest BCUT2D eigenvalue weighted by Crippen LogP contribution is -2.23. The van der Waals surface area contributed by atoms with Crippen molar-refractivity contribution in [2.45, 2.75) is 32.9 Å². The molecule has 118 valence electrons. The maximum Gasteiger partial charge on any atom is 0.125 e. The third-order valence-electron chi connectivity index (χ3n) is 3.26. The van der Waals surface area contributed by atoms with Crippen molar-refractivity contribution < 1.29 is 4.74 Å². The lowest BCUT2D eigenvalue weighted by atomic mass is 10.1. The average Bonchev–Trinajstić information content (AvgIpc) is 2.45. The van der Waals surface area contributed by atoms with Crippen molar-refractivity contribution in [1.29, 1.82) is 0 Å². The Morgan fingerprint density at radius 1 is 0.955 bits per heavy atom. The molecule has 0 aliphatic rings. The molecule has 3 heteroatoms. The van der Waals surface area contributed by atoms with Crippen LogP contribution in [0, 0.1) is 0 Å². The summed E-state index contributed by atoms with van der Waals surface area (Å²) in [4.78, 5) is 2.09. The largest absolute Gasteiger partial charge is 0.488 e. The van der Waals surface area contributed by atoms with E-state index < -0.39 is 0 Å². The molecule has 2 rings (SSSR count). The number of rotatable bonds is 5. The molecule has 0 aromatic heterocycles. The first-order valence-electron chi connectivity index (χ1n) is 7.63. The lowest BCUT2D eigenvalue weighted by molar-refractivity contribution is 0.129. The summed E-state index contributed by atoms with van der Waals surface area (Å²) in [6.07, 6.45) is 0. The van der Waals surface area contributed by atoms with Gasteiger partial charge in [-0.1, -0.05) is 18.2 Å². The molecule has 1 N–H and O–H groups in total. The summed E-state index contributed by atoms with van der Waals surface area (Å²) in [7, 11) is 4.09. The fraction of sp³-hybridized carbons (Fsp3) is 0.368. The minimum Gasteiger partial charge on any atom is -0.488 e. The third-order valence-corrected chi connectivity index (χ3v) is 3.26. The summed E-state index contributed by atoms with van der Waals surface area (Å²) in [6.45, 7) is 6.94. The minimum atomic E-state index is -0.191. The Bertz CT molecular complexity index is 598. The van der Waals surface area contributed by atoms with Gasteiger partial charge >= 0.3 is 0 Å². The highest BCUT2D eigenvalue weighted by molar-refractivity contribution is 5.54. The molecule has 0 heterocycles. The highest BCUT2D eigenvalue weighted by Crippen LogP contribution is 2.24. The number of ether oxygens (including phenoxy) is 1. The Kier molecular flexibility index (Phi) is 4.96. The summed E-state index contributed by atoms with van der Waals surface area (Å²) in [5.41, 5.74) is 3.27. The van der Waals surface area contributed by atoms with Gasteiger partial charge in [0.25, 0.3) is 0 Å². The monoisotopic (exact) mass is 298 g/mol. The molecular weight excluding hydrogens is 272 g/mol. The van der Waals surface area contributed by atoms with Crippen molar-refractivity contribution >= 4 is 11.4 Å². The molecule has 0 atom stereocenters. The maximum atomic E-state index is 6.03. The van der Waals surface area contributed by atoms with Crippen molar-refractivity contribution in [3.63, 3.8) is 0 Å². The average molecular weight is 298 g/mol. The van der Waals surface area contributed by atoms with Crippen LogP contribution >= 0.6 is 0 Å². The van der Waals surface area contributed by atoms with Crippen LogP contribution in [0.25, 0.3) is 0 Å². The summed E-state index contributed by atoms with van der Waals surface area (Å²) >= 11 is 0. The molecule has 0 saturated heterocycles. The lowest BCUT2D eigenvalue weighted by Gasteiger charge is -2.23. The number of nitrogens with one attached hydrogen (secondary N) is 1. The van der Waals surface area contributed by atoms with Crippen LogP contribution in [0.5, 0.6) is 5.75 Å². The van der Waals surface area contributed by atoms with Crippen LogP contribution in [-0.2, 0) is 6.54 Å². The van der Waals surface area contributed by atoms with Gasteiger partial charge in [0.2, 0.25) is 0 Å². The van der Waals surface area contributed by atoms with E-state index in [1.165, 1.54) is 5.69 Å². The van der Waals surface area contributed by atoms with Crippen LogP contribution in [0.1, 0.15) is 26.3 Å². The molecule has 0 aliphatic carbocycles. The number of nitrogens with zero attached hydrogens (tertiary/aromatic N) is 1. The number of hydrogen-bond acceptors (Lipinski definition) is 3. The fourth-order valence-corrected chi connectivity index (χ4v) is 2.15. The van der Waals surface area contributed by atoms with Gasteiger partial charge in [0, 0.05) is 37.6 Å². The standard InChI is InChI=1S/C19H26N2O/c1-19(2,3)22-18-9-7-6-8-15(18)14-20-16-10-12-17(13-11-16)21(4)5/h6-13,20H,14H2,1-5H3. The van der Waals surface area contributed by atoms with E-state index in [4.69, 9.17) is 4.74 Å². The molecule has 0 aliphatic heterocycles. The summed E-state index contributed by atoms with van der Waals surface area (Å²) in [5, 5.41) is 3.45. The van der Waals surface area contributed by atoms with E-state index in [1.54, 1.807) is 0 Å². The Morgan fingerprint density at radius 2 is 1.59 bits per heavy atom. The first-order chi connectivity index (χ1) is 10.3. The highest BCUT2D eigenvalue weighted by atomic mass is 16.5. The van der Waals surface area contributed by atoms with E-state index in [0.717, 1.165) is 23.5 Å². The van der Waals surface area contributed by atoms with Crippen LogP contribution in [0.4, 0.5) is 11.4 Å². The number of para-hydroxylation sites is 1. The van der Waals surface area contributed by atoms with E-state index in [2.05, 4.69) is 61.3 Å². The Hall–Kier alpha value is -2.16. The number of anilines is 2. The normalized spacial score (nSPS) is 11.1. The van der Waals surface area contributed by atoms with Crippen LogP contribution in [0.15, 0.2) is 48.5 Å². The second-order valence-corrected chi connectivity index (χ2v) is 6.62. The number of hydrogen-bond donors (Lipinski definition) is 1. The van der Waals surface area contributed by atoms with E-state index in [9.17, 15) is 0 Å². The second kappa shape index (κ2) is 6.73. The van der Waals surface area contributed by atoms with Crippen molar-refractivity contribution in [2.24, 2.45) is 0 Å². The molecule has 0 radical (unpaired) electrons. The molecule has 0 bridgehead atoms. The van der Waals surface area contributed by atoms with Gasteiger partial charge in [0.05, 0.1) is 0 Å². The van der Waals surface area contributed by atoms with Gasteiger partial charge in [-0.3, -0.25) is 0 Å². The highest BCUT2D eigenvalue weighted by Gasteiger charge is 2.14. The van der Waals surface area contributed by atoms with Crippen LogP contribution in [-0.4, -0.2) is 19.7 Å². The summed E-state index contributed by atoms with van der Waals surface area (Å²) < 4.78 is 6.03. The topological polar surface area (TPSA) is 24.5 Å². The van der Waals surface area contributed by atoms with Gasteiger partial charge in [-0.2, -0.15) is 0 Å². The van der Waals surface area contributed by atoms with Gasteiger partial charge in [-0.15, -0.1) is 0 Å². The summed E-state index contributed by atoms with van der Waals surface area (Å²) in [5.74, 6) is 0.937. The van der Waals surface area contributed by atoms with E-state index in [0.29, 0.717) is 0 Å². The molecule has 0 amide bonds. The first-order valence-corrected chi connectivity index (χ1v) is 7.63. The van der Waals surface area contributed by atoms with E-state index >= 15 is 0 Å². The van der Waals surface area contributed by atoms with Crippen molar-refractivity contribution in [1.82, 2.24) is 0 Å². The zero-order valence-electron chi connectivity index (χ0n) is 14.2.